The summed E-state index contributed by atoms with van der Waals surface area (Å²) in [5, 5.41) is 3.76. The van der Waals surface area contributed by atoms with Crippen molar-refractivity contribution in [2.75, 3.05) is 20.2 Å². The van der Waals surface area contributed by atoms with E-state index in [0.717, 1.165) is 0 Å². The summed E-state index contributed by atoms with van der Waals surface area (Å²) in [6.45, 7) is 4.40. The van der Waals surface area contributed by atoms with Gasteiger partial charge in [-0.05, 0) is 20.3 Å². The van der Waals surface area contributed by atoms with Crippen LogP contribution in [0.15, 0.2) is 4.52 Å². The Morgan fingerprint density at radius 3 is 2.72 bits per heavy atom. The molecule has 98 valence electrons. The van der Waals surface area contributed by atoms with Gasteiger partial charge in [0.1, 0.15) is 11.3 Å². The van der Waals surface area contributed by atoms with Gasteiger partial charge in [0, 0.05) is 13.1 Å². The van der Waals surface area contributed by atoms with Gasteiger partial charge in [-0.3, -0.25) is 9.59 Å². The van der Waals surface area contributed by atoms with Crippen molar-refractivity contribution in [3.8, 4) is 0 Å². The number of methoxy groups -OCH3 is 1. The van der Waals surface area contributed by atoms with Crippen molar-refractivity contribution in [2.24, 2.45) is 5.92 Å². The van der Waals surface area contributed by atoms with Crippen molar-refractivity contribution in [3.63, 3.8) is 0 Å². The first kappa shape index (κ1) is 12.6. The SMILES string of the molecule is COC(=O)C1CCN(C(=O)c2c(C)noc2C)C1. The Morgan fingerprint density at radius 2 is 2.17 bits per heavy atom. The summed E-state index contributed by atoms with van der Waals surface area (Å²) >= 11 is 0. The van der Waals surface area contributed by atoms with Gasteiger partial charge >= 0.3 is 5.97 Å². The summed E-state index contributed by atoms with van der Waals surface area (Å²) in [6.07, 6.45) is 0.641. The first-order chi connectivity index (χ1) is 8.54. The van der Waals surface area contributed by atoms with E-state index in [1.54, 1.807) is 18.7 Å². The number of rotatable bonds is 2. The van der Waals surface area contributed by atoms with E-state index in [4.69, 9.17) is 9.26 Å². The highest BCUT2D eigenvalue weighted by Gasteiger charge is 2.34. The number of hydrogen-bond acceptors (Lipinski definition) is 5. The Bertz CT molecular complexity index is 461. The number of esters is 1. The van der Waals surface area contributed by atoms with Crippen LogP contribution >= 0.6 is 0 Å². The summed E-state index contributed by atoms with van der Waals surface area (Å²) in [5.41, 5.74) is 1.08. The minimum atomic E-state index is -0.260. The summed E-state index contributed by atoms with van der Waals surface area (Å²) < 4.78 is 9.67. The zero-order valence-electron chi connectivity index (χ0n) is 10.7. The molecule has 0 N–H and O–H groups in total. The molecule has 0 spiro atoms. The lowest BCUT2D eigenvalue weighted by atomic mass is 10.1. The highest BCUT2D eigenvalue weighted by atomic mass is 16.5. The first-order valence-electron chi connectivity index (χ1n) is 5.84. The van der Waals surface area contributed by atoms with Crippen LogP contribution in [-0.2, 0) is 9.53 Å². The normalized spacial score (nSPS) is 19.1. The minimum absolute atomic E-state index is 0.127. The molecule has 0 aliphatic carbocycles. The van der Waals surface area contributed by atoms with Gasteiger partial charge in [0.2, 0.25) is 0 Å². The van der Waals surface area contributed by atoms with E-state index in [2.05, 4.69) is 5.16 Å². The summed E-state index contributed by atoms with van der Waals surface area (Å²) in [6, 6.07) is 0. The van der Waals surface area contributed by atoms with Gasteiger partial charge in [-0.1, -0.05) is 5.16 Å². The second kappa shape index (κ2) is 4.80. The standard InChI is InChI=1S/C12H16N2O4/c1-7-10(8(2)18-13-7)11(15)14-5-4-9(6-14)12(16)17-3/h9H,4-6H2,1-3H3. The number of amides is 1. The molecule has 1 amide bonds. The quantitative estimate of drug-likeness (QED) is 0.732. The van der Waals surface area contributed by atoms with Gasteiger partial charge in [-0.2, -0.15) is 0 Å². The predicted molar refractivity (Wildman–Crippen MR) is 62.0 cm³/mol. The second-order valence-corrected chi connectivity index (χ2v) is 4.46. The fourth-order valence-electron chi connectivity index (χ4n) is 2.25. The van der Waals surface area contributed by atoms with Gasteiger partial charge in [-0.15, -0.1) is 0 Å². The minimum Gasteiger partial charge on any atom is -0.469 e. The van der Waals surface area contributed by atoms with E-state index in [0.29, 0.717) is 36.5 Å². The van der Waals surface area contributed by atoms with Gasteiger partial charge in [0.15, 0.2) is 0 Å². The Balaban J connectivity index is 2.11. The van der Waals surface area contributed by atoms with Crippen molar-refractivity contribution in [2.45, 2.75) is 20.3 Å². The number of likely N-dealkylation sites (tertiary alicyclic amines) is 1. The topological polar surface area (TPSA) is 72.6 Å². The number of hydrogen-bond donors (Lipinski definition) is 0. The molecule has 1 saturated heterocycles. The maximum atomic E-state index is 12.3. The van der Waals surface area contributed by atoms with E-state index in [1.165, 1.54) is 7.11 Å². The first-order valence-corrected chi connectivity index (χ1v) is 5.84. The van der Waals surface area contributed by atoms with Crippen molar-refractivity contribution >= 4 is 11.9 Å². The molecule has 0 saturated carbocycles. The van der Waals surface area contributed by atoms with Crippen LogP contribution in [0.2, 0.25) is 0 Å². The summed E-state index contributed by atoms with van der Waals surface area (Å²) in [4.78, 5) is 25.3. The zero-order chi connectivity index (χ0) is 13.3. The third kappa shape index (κ3) is 2.10. The van der Waals surface area contributed by atoms with Gasteiger partial charge < -0.3 is 14.2 Å². The number of carbonyl (C=O) groups excluding carboxylic acids is 2. The van der Waals surface area contributed by atoms with Gasteiger partial charge in [0.25, 0.3) is 5.91 Å². The predicted octanol–water partition coefficient (Wildman–Crippen LogP) is 0.927. The van der Waals surface area contributed by atoms with E-state index in [9.17, 15) is 9.59 Å². The molecule has 0 aromatic carbocycles. The Kier molecular flexibility index (Phi) is 3.36. The lowest BCUT2D eigenvalue weighted by Crippen LogP contribution is -2.30. The van der Waals surface area contributed by atoms with Crippen molar-refractivity contribution in [3.05, 3.63) is 17.0 Å². The molecule has 1 aromatic rings. The van der Waals surface area contributed by atoms with Gasteiger partial charge in [0.05, 0.1) is 18.7 Å². The third-order valence-corrected chi connectivity index (χ3v) is 3.26. The third-order valence-electron chi connectivity index (χ3n) is 3.26. The van der Waals surface area contributed by atoms with Crippen LogP contribution in [0.3, 0.4) is 0 Å². The zero-order valence-corrected chi connectivity index (χ0v) is 10.7. The van der Waals surface area contributed by atoms with Crippen LogP contribution in [0.5, 0.6) is 0 Å². The molecule has 1 unspecified atom stereocenters. The number of ether oxygens (including phenoxy) is 1. The van der Waals surface area contributed by atoms with E-state index < -0.39 is 0 Å². The molecule has 1 aliphatic heterocycles. The molecule has 6 nitrogen and oxygen atoms in total. The average molecular weight is 252 g/mol. The van der Waals surface area contributed by atoms with Crippen LogP contribution < -0.4 is 0 Å². The number of nitrogens with zero attached hydrogens (tertiary/aromatic N) is 2. The highest BCUT2D eigenvalue weighted by Crippen LogP contribution is 2.22. The highest BCUT2D eigenvalue weighted by molar-refractivity contribution is 5.96. The molecule has 1 fully saturated rings. The molecule has 18 heavy (non-hydrogen) atoms. The Labute approximate surface area is 105 Å². The molecular formula is C12H16N2O4. The molecular weight excluding hydrogens is 236 g/mol. The van der Waals surface area contributed by atoms with Crippen molar-refractivity contribution in [1.29, 1.82) is 0 Å². The molecule has 1 aromatic heterocycles. The van der Waals surface area contributed by atoms with Crippen LogP contribution in [0, 0.1) is 19.8 Å². The molecule has 2 heterocycles. The Hall–Kier alpha value is -1.85. The van der Waals surface area contributed by atoms with Crippen LogP contribution in [0.25, 0.3) is 0 Å². The smallest absolute Gasteiger partial charge is 0.310 e. The van der Waals surface area contributed by atoms with E-state index >= 15 is 0 Å². The molecule has 6 heteroatoms. The molecule has 0 radical (unpaired) electrons. The van der Waals surface area contributed by atoms with Crippen LogP contribution in [0.1, 0.15) is 28.2 Å². The van der Waals surface area contributed by atoms with E-state index in [1.807, 2.05) is 0 Å². The van der Waals surface area contributed by atoms with Crippen LogP contribution in [0.4, 0.5) is 0 Å². The van der Waals surface area contributed by atoms with Gasteiger partial charge in [-0.25, -0.2) is 0 Å². The molecule has 0 bridgehead atoms. The molecule has 1 atom stereocenters. The average Bonchev–Trinajstić information content (AvgIpc) is 2.95. The largest absolute Gasteiger partial charge is 0.469 e. The summed E-state index contributed by atoms with van der Waals surface area (Å²) in [5.74, 6) is -0.0971. The lowest BCUT2D eigenvalue weighted by Gasteiger charge is -2.15. The van der Waals surface area contributed by atoms with E-state index in [-0.39, 0.29) is 17.8 Å². The monoisotopic (exact) mass is 252 g/mol. The number of aromatic nitrogens is 1. The lowest BCUT2D eigenvalue weighted by molar-refractivity contribution is -0.144. The number of carbonyl (C=O) groups is 2. The van der Waals surface area contributed by atoms with Crippen molar-refractivity contribution in [1.82, 2.24) is 10.1 Å². The van der Waals surface area contributed by atoms with Crippen molar-refractivity contribution < 1.29 is 18.8 Å². The Morgan fingerprint density at radius 1 is 1.44 bits per heavy atom. The van der Waals surface area contributed by atoms with Crippen LogP contribution in [-0.4, -0.2) is 42.1 Å². The maximum Gasteiger partial charge on any atom is 0.310 e. The molecule has 1 aliphatic rings. The summed E-state index contributed by atoms with van der Waals surface area (Å²) in [7, 11) is 1.36. The number of aryl methyl sites for hydroxylation is 2. The fraction of sp³-hybridized carbons (Fsp3) is 0.583. The maximum absolute atomic E-state index is 12.3. The second-order valence-electron chi connectivity index (χ2n) is 4.46. The fourth-order valence-corrected chi connectivity index (χ4v) is 2.25. The molecule has 2 rings (SSSR count).